The number of amides is 1. The van der Waals surface area contributed by atoms with Gasteiger partial charge in [0.2, 0.25) is 0 Å². The minimum atomic E-state index is -4.85. The third-order valence-electron chi connectivity index (χ3n) is 5.41. The lowest BCUT2D eigenvalue weighted by molar-refractivity contribution is -0.137. The Balaban J connectivity index is 1.65. The molecular weight excluding hydrogens is 572 g/mol. The summed E-state index contributed by atoms with van der Waals surface area (Å²) in [5.41, 5.74) is -0.799. The van der Waals surface area contributed by atoms with Gasteiger partial charge in [-0.05, 0) is 87.6 Å². The van der Waals surface area contributed by atoms with Gasteiger partial charge in [0.1, 0.15) is 17.3 Å². The lowest BCUT2D eigenvalue weighted by Gasteiger charge is -2.14. The number of hydrogen-bond acceptors (Lipinski definition) is 6. The Morgan fingerprint density at radius 3 is 2.45 bits per heavy atom. The van der Waals surface area contributed by atoms with Gasteiger partial charge in [0.05, 0.1) is 17.7 Å². The second kappa shape index (κ2) is 13.9. The summed E-state index contributed by atoms with van der Waals surface area (Å²) in [5.74, 6) is -1.23. The molecule has 0 aromatic heterocycles. The molecule has 0 saturated heterocycles. The molecule has 0 aliphatic rings. The molecular formula is C28H27ClF4N2O4S. The molecule has 0 saturated carbocycles. The van der Waals surface area contributed by atoms with E-state index < -0.39 is 41.4 Å². The Bertz CT molecular complexity index is 1370. The van der Waals surface area contributed by atoms with E-state index >= 15 is 0 Å². The van der Waals surface area contributed by atoms with Gasteiger partial charge >= 0.3 is 6.18 Å². The Morgan fingerprint density at radius 1 is 1.02 bits per heavy atom. The highest BCUT2D eigenvalue weighted by Gasteiger charge is 2.32. The van der Waals surface area contributed by atoms with Crippen molar-refractivity contribution in [3.63, 3.8) is 0 Å². The number of hydrogen-bond donors (Lipinski definition) is 1. The quantitative estimate of drug-likeness (QED) is 0.104. The molecule has 214 valence electrons. The molecule has 0 atom stereocenters. The Kier molecular flexibility index (Phi) is 10.8. The first kappa shape index (κ1) is 31.3. The normalized spacial score (nSPS) is 11.4. The van der Waals surface area contributed by atoms with Crippen LogP contribution in [0.1, 0.15) is 33.5 Å². The van der Waals surface area contributed by atoms with Crippen molar-refractivity contribution in [1.82, 2.24) is 4.31 Å². The van der Waals surface area contributed by atoms with Crippen molar-refractivity contribution < 1.29 is 36.6 Å². The lowest BCUT2D eigenvalue weighted by Crippen LogP contribution is -2.21. The van der Waals surface area contributed by atoms with E-state index in [4.69, 9.17) is 21.1 Å². The van der Waals surface area contributed by atoms with Crippen LogP contribution in [0, 0.1) is 12.7 Å². The Morgan fingerprint density at radius 2 is 1.77 bits per heavy atom. The van der Waals surface area contributed by atoms with Crippen LogP contribution in [0.2, 0.25) is 5.02 Å². The van der Waals surface area contributed by atoms with E-state index in [1.807, 2.05) is 18.4 Å². The smallest absolute Gasteiger partial charge is 0.416 e. The molecule has 0 fully saturated rings. The van der Waals surface area contributed by atoms with E-state index in [1.165, 1.54) is 18.2 Å². The van der Waals surface area contributed by atoms with Crippen LogP contribution in [0.25, 0.3) is 0 Å². The summed E-state index contributed by atoms with van der Waals surface area (Å²) in [5, 5.41) is 2.80. The predicted octanol–water partition coefficient (Wildman–Crippen LogP) is 7.03. The van der Waals surface area contributed by atoms with Crippen LogP contribution >= 0.6 is 23.5 Å². The highest BCUT2D eigenvalue weighted by atomic mass is 35.5. The number of nitrogens with one attached hydrogen (secondary N) is 1. The molecule has 6 nitrogen and oxygen atoms in total. The Labute approximate surface area is 238 Å². The molecule has 0 aliphatic heterocycles. The molecule has 0 aliphatic carbocycles. The first-order valence-electron chi connectivity index (χ1n) is 12.0. The number of ketones is 1. The van der Waals surface area contributed by atoms with E-state index in [0.29, 0.717) is 36.2 Å². The predicted molar refractivity (Wildman–Crippen MR) is 148 cm³/mol. The maximum Gasteiger partial charge on any atom is 0.416 e. The van der Waals surface area contributed by atoms with Crippen LogP contribution < -0.4 is 14.8 Å². The molecule has 0 bridgehead atoms. The fourth-order valence-electron chi connectivity index (χ4n) is 3.54. The molecule has 40 heavy (non-hydrogen) atoms. The van der Waals surface area contributed by atoms with Gasteiger partial charge in [0.15, 0.2) is 12.4 Å². The molecule has 0 heterocycles. The zero-order valence-corrected chi connectivity index (χ0v) is 23.5. The summed E-state index contributed by atoms with van der Waals surface area (Å²) < 4.78 is 66.5. The molecule has 0 spiro atoms. The molecule has 0 unspecified atom stereocenters. The van der Waals surface area contributed by atoms with E-state index in [2.05, 4.69) is 5.32 Å². The van der Waals surface area contributed by atoms with Crippen molar-refractivity contribution in [2.75, 3.05) is 38.4 Å². The van der Waals surface area contributed by atoms with Crippen LogP contribution in [-0.4, -0.2) is 49.1 Å². The van der Waals surface area contributed by atoms with Crippen molar-refractivity contribution in [3.8, 4) is 11.5 Å². The van der Waals surface area contributed by atoms with Gasteiger partial charge in [-0.15, -0.1) is 0 Å². The molecule has 12 heteroatoms. The maximum absolute atomic E-state index is 13.9. The summed E-state index contributed by atoms with van der Waals surface area (Å²) in [6, 6.07) is 10.6. The van der Waals surface area contributed by atoms with Gasteiger partial charge in [0.25, 0.3) is 5.91 Å². The topological polar surface area (TPSA) is 67.9 Å². The summed E-state index contributed by atoms with van der Waals surface area (Å²) in [7, 11) is 3.95. The molecule has 3 aromatic carbocycles. The molecule has 3 aromatic rings. The average molecular weight is 599 g/mol. The molecule has 3 rings (SSSR count). The molecule has 1 N–H and O–H groups in total. The summed E-state index contributed by atoms with van der Waals surface area (Å²) in [4.78, 5) is 25.6. The third-order valence-corrected chi connectivity index (χ3v) is 6.63. The van der Waals surface area contributed by atoms with Gasteiger partial charge in [-0.2, -0.15) is 13.2 Å². The fourth-order valence-corrected chi connectivity index (χ4v) is 4.32. The first-order valence-corrected chi connectivity index (χ1v) is 13.3. The second-order valence-corrected chi connectivity index (χ2v) is 10.7. The van der Waals surface area contributed by atoms with Crippen molar-refractivity contribution in [2.45, 2.75) is 19.5 Å². The van der Waals surface area contributed by atoms with E-state index in [9.17, 15) is 27.2 Å². The number of rotatable bonds is 12. The number of anilines is 1. The maximum atomic E-state index is 13.9. The van der Waals surface area contributed by atoms with Crippen molar-refractivity contribution in [2.24, 2.45) is 0 Å². The van der Waals surface area contributed by atoms with Gasteiger partial charge in [-0.1, -0.05) is 23.5 Å². The molecule has 0 radical (unpaired) electrons. The second-order valence-electron chi connectivity index (χ2n) is 8.86. The zero-order chi connectivity index (χ0) is 29.4. The average Bonchev–Trinajstić information content (AvgIpc) is 2.87. The molecule has 1 amide bonds. The summed E-state index contributed by atoms with van der Waals surface area (Å²) in [6.45, 7) is 1.84. The highest BCUT2D eigenvalue weighted by molar-refractivity contribution is 7.96. The van der Waals surface area contributed by atoms with E-state index in [0.717, 1.165) is 17.7 Å². The van der Waals surface area contributed by atoms with Crippen molar-refractivity contribution in [1.29, 1.82) is 0 Å². The lowest BCUT2D eigenvalue weighted by atomic mass is 10.00. The van der Waals surface area contributed by atoms with Gasteiger partial charge in [0, 0.05) is 22.0 Å². The summed E-state index contributed by atoms with van der Waals surface area (Å²) >= 11 is 7.69. The number of alkyl halides is 3. The van der Waals surface area contributed by atoms with Crippen LogP contribution in [0.5, 0.6) is 11.5 Å². The van der Waals surface area contributed by atoms with Crippen LogP contribution in [-0.2, 0) is 11.0 Å². The SMILES string of the molecule is Cc1cc(OCCCSN(C)C)ccc1NC(=O)COc1ccc(Cl)cc1C(=O)c1cc(F)cc(C(F)(F)F)c1. The zero-order valence-electron chi connectivity index (χ0n) is 21.9. The van der Waals surface area contributed by atoms with Crippen LogP contribution in [0.15, 0.2) is 54.6 Å². The highest BCUT2D eigenvalue weighted by Crippen LogP contribution is 2.32. The third kappa shape index (κ3) is 9.14. The minimum Gasteiger partial charge on any atom is -0.494 e. The van der Waals surface area contributed by atoms with Crippen LogP contribution in [0.3, 0.4) is 0 Å². The van der Waals surface area contributed by atoms with Gasteiger partial charge in [-0.25, -0.2) is 4.39 Å². The largest absolute Gasteiger partial charge is 0.494 e. The number of carbonyl (C=O) groups is 2. The van der Waals surface area contributed by atoms with Gasteiger partial charge in [-0.3, -0.25) is 13.9 Å². The number of benzene rings is 3. The number of carbonyl (C=O) groups excluding carboxylic acids is 2. The van der Waals surface area contributed by atoms with E-state index in [-0.39, 0.29) is 16.3 Å². The number of aryl methyl sites for hydroxylation is 1. The fraction of sp³-hybridized carbons (Fsp3) is 0.286. The monoisotopic (exact) mass is 598 g/mol. The minimum absolute atomic E-state index is 0.0991. The summed E-state index contributed by atoms with van der Waals surface area (Å²) in [6.07, 6.45) is -3.98. The first-order chi connectivity index (χ1) is 18.8. The van der Waals surface area contributed by atoms with Crippen molar-refractivity contribution >= 4 is 40.9 Å². The Hall–Kier alpha value is -3.28. The number of halogens is 5. The number of nitrogens with zero attached hydrogens (tertiary/aromatic N) is 1. The van der Waals surface area contributed by atoms with Crippen molar-refractivity contribution in [3.05, 3.63) is 87.7 Å². The standard InChI is InChI=1S/C28H27ClF4N2O4S/c1-17-11-22(38-9-4-10-40-35(2)3)6-7-24(17)34-26(36)16-39-25-8-5-20(29)15-23(25)27(37)18-12-19(28(31,32)33)14-21(30)13-18/h5-8,11-15H,4,9-10,16H2,1-3H3,(H,34,36). The number of ether oxygens (including phenoxy) is 2. The van der Waals surface area contributed by atoms with Crippen LogP contribution in [0.4, 0.5) is 23.2 Å². The van der Waals surface area contributed by atoms with Gasteiger partial charge < -0.3 is 14.8 Å². The van der Waals surface area contributed by atoms with E-state index in [1.54, 1.807) is 37.1 Å².